The van der Waals surface area contributed by atoms with Crippen LogP contribution >= 0.6 is 11.6 Å². The van der Waals surface area contributed by atoms with Gasteiger partial charge in [-0.05, 0) is 31.4 Å². The molecule has 0 aromatic heterocycles. The summed E-state index contributed by atoms with van der Waals surface area (Å²) in [6, 6.07) is 1.82. The van der Waals surface area contributed by atoms with Crippen molar-refractivity contribution in [3.8, 4) is 0 Å². The summed E-state index contributed by atoms with van der Waals surface area (Å²) < 4.78 is 45.8. The van der Waals surface area contributed by atoms with Crippen molar-refractivity contribution in [3.05, 3.63) is 34.3 Å². The number of hydrogen-bond acceptors (Lipinski definition) is 4. The number of carbonyl (C=O) groups is 3. The van der Waals surface area contributed by atoms with E-state index >= 15 is 0 Å². The summed E-state index contributed by atoms with van der Waals surface area (Å²) in [7, 11) is 1.51. The number of carboxylic acid groups (broad SMARTS) is 1. The monoisotopic (exact) mass is 462 g/mol. The number of carboxylic acids is 1. The average molecular weight is 463 g/mol. The molecule has 1 aromatic rings. The fraction of sp³-hybridized carbons (Fsp3) is 0.550. The van der Waals surface area contributed by atoms with Gasteiger partial charge in [-0.3, -0.25) is 14.4 Å². The lowest BCUT2D eigenvalue weighted by Gasteiger charge is -2.39. The molecule has 2 saturated heterocycles. The summed E-state index contributed by atoms with van der Waals surface area (Å²) in [6.45, 7) is 0.454. The van der Waals surface area contributed by atoms with Crippen molar-refractivity contribution in [3.63, 3.8) is 0 Å². The number of likely N-dealkylation sites (tertiary alicyclic amines) is 2. The van der Waals surface area contributed by atoms with E-state index in [1.165, 1.54) is 18.1 Å². The first-order valence-corrected chi connectivity index (χ1v) is 10.1. The zero-order valence-electron chi connectivity index (χ0n) is 16.7. The van der Waals surface area contributed by atoms with Crippen molar-refractivity contribution in [1.29, 1.82) is 0 Å². The number of nitrogens with zero attached hydrogens (tertiary/aromatic N) is 2. The molecule has 2 aliphatic rings. The van der Waals surface area contributed by atoms with Gasteiger partial charge in [0.05, 0.1) is 28.2 Å². The second kappa shape index (κ2) is 9.04. The highest BCUT2D eigenvalue weighted by Gasteiger charge is 2.44. The number of alkyl halides is 3. The first kappa shape index (κ1) is 23.3. The zero-order chi connectivity index (χ0) is 22.9. The second-order valence-electron chi connectivity index (χ2n) is 7.66. The molecule has 2 aliphatic heterocycles. The molecule has 11 heteroatoms. The number of carbonyl (C=O) groups excluding carboxylic acids is 2. The van der Waals surface area contributed by atoms with Crippen molar-refractivity contribution in [2.45, 2.75) is 37.6 Å². The number of benzene rings is 1. The minimum absolute atomic E-state index is 0.0252. The Morgan fingerprint density at radius 1 is 1.19 bits per heavy atom. The van der Waals surface area contributed by atoms with Crippen LogP contribution in [0, 0.1) is 5.92 Å². The minimum Gasteiger partial charge on any atom is -0.481 e. The zero-order valence-corrected chi connectivity index (χ0v) is 17.4. The van der Waals surface area contributed by atoms with Crippen LogP contribution in [0.25, 0.3) is 0 Å². The Hall–Kier alpha value is -2.33. The highest BCUT2D eigenvalue weighted by molar-refractivity contribution is 6.34. The van der Waals surface area contributed by atoms with E-state index in [1.807, 2.05) is 0 Å². The van der Waals surface area contributed by atoms with Crippen molar-refractivity contribution < 1.29 is 37.4 Å². The maximum absolute atomic E-state index is 13.5. The molecule has 7 nitrogen and oxygen atoms in total. The standard InChI is InChI=1S/C20H22ClF3N2O5/c1-31-12-6-7-25(10-12)17(27)15-9-11(19(29)30)5-8-26(15)18(28)16-13(20(22,23)24)3-2-4-14(16)21/h2-4,11-12,15H,5-10H2,1H3,(H,29,30). The van der Waals surface area contributed by atoms with E-state index in [0.717, 1.165) is 17.0 Å². The third-order valence-corrected chi connectivity index (χ3v) is 6.14. The lowest BCUT2D eigenvalue weighted by molar-refractivity contribution is -0.146. The van der Waals surface area contributed by atoms with Gasteiger partial charge in [0.2, 0.25) is 5.91 Å². The lowest BCUT2D eigenvalue weighted by Crippen LogP contribution is -2.55. The van der Waals surface area contributed by atoms with E-state index in [4.69, 9.17) is 16.3 Å². The average Bonchev–Trinajstić information content (AvgIpc) is 3.20. The van der Waals surface area contributed by atoms with Crippen LogP contribution in [0.5, 0.6) is 0 Å². The predicted octanol–water partition coefficient (Wildman–Crippen LogP) is 2.91. The van der Waals surface area contributed by atoms with Crippen molar-refractivity contribution >= 4 is 29.4 Å². The molecule has 3 unspecified atom stereocenters. The van der Waals surface area contributed by atoms with Gasteiger partial charge < -0.3 is 19.6 Å². The molecule has 0 aliphatic carbocycles. The Morgan fingerprint density at radius 2 is 1.90 bits per heavy atom. The summed E-state index contributed by atoms with van der Waals surface area (Å²) in [4.78, 5) is 40.4. The normalized spacial score (nSPS) is 24.4. The molecule has 0 radical (unpaired) electrons. The van der Waals surface area contributed by atoms with Crippen LogP contribution < -0.4 is 0 Å². The summed E-state index contributed by atoms with van der Waals surface area (Å²) in [6.07, 6.45) is -4.59. The molecule has 31 heavy (non-hydrogen) atoms. The van der Waals surface area contributed by atoms with Gasteiger partial charge in [-0.2, -0.15) is 13.2 Å². The van der Waals surface area contributed by atoms with E-state index in [9.17, 15) is 32.7 Å². The van der Waals surface area contributed by atoms with Crippen LogP contribution in [0.4, 0.5) is 13.2 Å². The van der Waals surface area contributed by atoms with E-state index in [-0.39, 0.29) is 37.1 Å². The van der Waals surface area contributed by atoms with Gasteiger partial charge in [-0.1, -0.05) is 17.7 Å². The van der Waals surface area contributed by atoms with E-state index in [2.05, 4.69) is 0 Å². The maximum atomic E-state index is 13.5. The molecule has 2 heterocycles. The number of piperidine rings is 1. The second-order valence-corrected chi connectivity index (χ2v) is 8.07. The molecule has 0 spiro atoms. The number of amides is 2. The van der Waals surface area contributed by atoms with Gasteiger partial charge in [0, 0.05) is 26.7 Å². The first-order chi connectivity index (χ1) is 14.5. The van der Waals surface area contributed by atoms with Crippen LogP contribution in [-0.2, 0) is 20.5 Å². The quantitative estimate of drug-likeness (QED) is 0.743. The molecule has 1 N–H and O–H groups in total. The van der Waals surface area contributed by atoms with Crippen LogP contribution in [0.15, 0.2) is 18.2 Å². The third-order valence-electron chi connectivity index (χ3n) is 5.82. The van der Waals surface area contributed by atoms with Gasteiger partial charge in [0.1, 0.15) is 6.04 Å². The van der Waals surface area contributed by atoms with Gasteiger partial charge in [0.15, 0.2) is 0 Å². The van der Waals surface area contributed by atoms with E-state index in [0.29, 0.717) is 13.0 Å². The first-order valence-electron chi connectivity index (χ1n) is 9.75. The molecular weight excluding hydrogens is 441 g/mol. The smallest absolute Gasteiger partial charge is 0.417 e. The molecule has 3 rings (SSSR count). The predicted molar refractivity (Wildman–Crippen MR) is 104 cm³/mol. The molecule has 0 bridgehead atoms. The van der Waals surface area contributed by atoms with Gasteiger partial charge >= 0.3 is 12.1 Å². The molecule has 2 amide bonds. The molecule has 170 valence electrons. The topological polar surface area (TPSA) is 87.2 Å². The number of ether oxygens (including phenoxy) is 1. The number of aliphatic carboxylic acids is 1. The lowest BCUT2D eigenvalue weighted by atomic mass is 9.89. The van der Waals surface area contributed by atoms with Crippen LogP contribution in [0.2, 0.25) is 5.02 Å². The highest BCUT2D eigenvalue weighted by Crippen LogP contribution is 2.37. The molecule has 3 atom stereocenters. The Labute approximate surface area is 181 Å². The summed E-state index contributed by atoms with van der Waals surface area (Å²) >= 11 is 5.97. The van der Waals surface area contributed by atoms with Gasteiger partial charge in [0.25, 0.3) is 5.91 Å². The SMILES string of the molecule is COC1CCN(C(=O)C2CC(C(=O)O)CCN2C(=O)c2c(Cl)cccc2C(F)(F)F)C1. The molecule has 1 aromatic carbocycles. The molecule has 0 saturated carbocycles. The number of halogens is 4. The Balaban J connectivity index is 1.95. The number of methoxy groups -OCH3 is 1. The Morgan fingerprint density at radius 3 is 2.48 bits per heavy atom. The summed E-state index contributed by atoms with van der Waals surface area (Å²) in [5, 5.41) is 9.02. The largest absolute Gasteiger partial charge is 0.481 e. The van der Waals surface area contributed by atoms with Crippen molar-refractivity contribution in [2.75, 3.05) is 26.7 Å². The van der Waals surface area contributed by atoms with Crippen LogP contribution in [-0.4, -0.2) is 71.6 Å². The Bertz CT molecular complexity index is 879. The number of hydrogen-bond donors (Lipinski definition) is 1. The highest BCUT2D eigenvalue weighted by atomic mass is 35.5. The van der Waals surface area contributed by atoms with E-state index < -0.39 is 47.0 Å². The van der Waals surface area contributed by atoms with Gasteiger partial charge in [-0.25, -0.2) is 0 Å². The third kappa shape index (κ3) is 4.79. The summed E-state index contributed by atoms with van der Waals surface area (Å²) in [5.41, 5.74) is -1.93. The fourth-order valence-corrected chi connectivity index (χ4v) is 4.38. The fourth-order valence-electron chi connectivity index (χ4n) is 4.12. The van der Waals surface area contributed by atoms with E-state index in [1.54, 1.807) is 0 Å². The minimum atomic E-state index is -4.82. The van der Waals surface area contributed by atoms with Crippen LogP contribution in [0.1, 0.15) is 35.2 Å². The maximum Gasteiger partial charge on any atom is 0.417 e. The molecular formula is C20H22ClF3N2O5. The summed E-state index contributed by atoms with van der Waals surface area (Å²) in [5.74, 6) is -3.54. The van der Waals surface area contributed by atoms with Crippen molar-refractivity contribution in [1.82, 2.24) is 9.80 Å². The van der Waals surface area contributed by atoms with Crippen LogP contribution in [0.3, 0.4) is 0 Å². The van der Waals surface area contributed by atoms with Gasteiger partial charge in [-0.15, -0.1) is 0 Å². The number of rotatable bonds is 4. The Kier molecular flexibility index (Phi) is 6.80. The van der Waals surface area contributed by atoms with Crippen molar-refractivity contribution in [2.24, 2.45) is 5.92 Å². The molecule has 2 fully saturated rings.